The van der Waals surface area contributed by atoms with Gasteiger partial charge in [-0.1, -0.05) is 54.1 Å². The predicted octanol–water partition coefficient (Wildman–Crippen LogP) is 6.33. The highest BCUT2D eigenvalue weighted by molar-refractivity contribution is 6.31. The Kier molecular flexibility index (Phi) is 7.32. The van der Waals surface area contributed by atoms with Crippen molar-refractivity contribution in [2.24, 2.45) is 20.7 Å². The minimum Gasteiger partial charge on any atom is -0.324 e. The average Bonchev–Trinajstić information content (AvgIpc) is 3.48. The summed E-state index contributed by atoms with van der Waals surface area (Å²) in [6.45, 7) is 0. The number of benzene rings is 3. The van der Waals surface area contributed by atoms with Crippen LogP contribution in [0.1, 0.15) is 23.3 Å². The summed E-state index contributed by atoms with van der Waals surface area (Å²) >= 11 is 6.07. The van der Waals surface area contributed by atoms with Crippen LogP contribution in [0.2, 0.25) is 5.02 Å². The van der Waals surface area contributed by atoms with Crippen molar-refractivity contribution in [1.82, 2.24) is 4.57 Å². The molecule has 194 valence electrons. The second-order valence-corrected chi connectivity index (χ2v) is 9.12. The average molecular weight is 542 g/mol. The number of pyridine rings is 1. The van der Waals surface area contributed by atoms with Crippen LogP contribution in [0.15, 0.2) is 117 Å². The molecule has 0 fully saturated rings. The molecule has 0 saturated heterocycles. The first-order valence-electron chi connectivity index (χ1n) is 11.8. The second kappa shape index (κ2) is 11.2. The SMILES string of the molecule is O=C(Nc1ccc(C2N=NN=N2)cc1)C(Cc1ccccc1)n1ccc(-c2cc(Cl)ccc2[N+](=O)[O-])cc1=O. The largest absolute Gasteiger partial charge is 0.324 e. The summed E-state index contributed by atoms with van der Waals surface area (Å²) in [5.41, 5.74) is 1.99. The molecule has 1 atom stereocenters. The number of nitrogens with one attached hydrogen (secondary N) is 1. The fourth-order valence-electron chi connectivity index (χ4n) is 4.23. The number of nitrogens with zero attached hydrogens (tertiary/aromatic N) is 6. The van der Waals surface area contributed by atoms with Crippen molar-refractivity contribution >= 4 is 28.9 Å². The lowest BCUT2D eigenvalue weighted by atomic mass is 10.0. The molecule has 0 radical (unpaired) electrons. The first-order chi connectivity index (χ1) is 18.9. The number of anilines is 1. The molecular formula is C27H20ClN7O4. The number of nitro benzene ring substituents is 1. The summed E-state index contributed by atoms with van der Waals surface area (Å²) in [6.07, 6.45) is 1.20. The van der Waals surface area contributed by atoms with Crippen LogP contribution in [0.25, 0.3) is 11.1 Å². The summed E-state index contributed by atoms with van der Waals surface area (Å²) in [5.74, 6) is -0.407. The highest BCUT2D eigenvalue weighted by Crippen LogP contribution is 2.32. The lowest BCUT2D eigenvalue weighted by Gasteiger charge is -2.20. The van der Waals surface area contributed by atoms with E-state index in [4.69, 9.17) is 11.6 Å². The van der Waals surface area contributed by atoms with Crippen molar-refractivity contribution in [1.29, 1.82) is 0 Å². The maximum Gasteiger partial charge on any atom is 0.277 e. The molecule has 1 N–H and O–H groups in total. The number of aromatic nitrogens is 1. The third-order valence-corrected chi connectivity index (χ3v) is 6.40. The zero-order valence-electron chi connectivity index (χ0n) is 20.2. The van der Waals surface area contributed by atoms with Gasteiger partial charge >= 0.3 is 0 Å². The number of hydrogen-bond donors (Lipinski definition) is 1. The smallest absolute Gasteiger partial charge is 0.277 e. The summed E-state index contributed by atoms with van der Waals surface area (Å²) in [6, 6.07) is 22.3. The van der Waals surface area contributed by atoms with Gasteiger partial charge in [-0.2, -0.15) is 0 Å². The molecule has 1 amide bonds. The number of carbonyl (C=O) groups is 1. The number of nitro groups is 1. The molecule has 2 heterocycles. The molecule has 1 aliphatic heterocycles. The highest BCUT2D eigenvalue weighted by Gasteiger charge is 2.24. The monoisotopic (exact) mass is 541 g/mol. The molecule has 0 saturated carbocycles. The molecule has 5 rings (SSSR count). The molecule has 1 unspecified atom stereocenters. The van der Waals surface area contributed by atoms with E-state index in [0.29, 0.717) is 16.3 Å². The third kappa shape index (κ3) is 5.78. The van der Waals surface area contributed by atoms with Gasteiger partial charge < -0.3 is 9.88 Å². The molecule has 12 heteroatoms. The normalized spacial score (nSPS) is 13.4. The Labute approximate surface area is 226 Å². The lowest BCUT2D eigenvalue weighted by Crippen LogP contribution is -2.34. The Morgan fingerprint density at radius 3 is 2.38 bits per heavy atom. The number of rotatable bonds is 8. The minimum atomic E-state index is -0.902. The Hall–Kier alpha value is -5.03. The fourth-order valence-corrected chi connectivity index (χ4v) is 4.40. The molecule has 1 aliphatic rings. The molecule has 0 aliphatic carbocycles. The Bertz CT molecular complexity index is 1640. The first kappa shape index (κ1) is 25.6. The number of carbonyl (C=O) groups excluding carboxylic acids is 1. The van der Waals surface area contributed by atoms with Crippen LogP contribution in [-0.2, 0) is 11.2 Å². The van der Waals surface area contributed by atoms with Crippen LogP contribution in [0, 0.1) is 10.1 Å². The minimum absolute atomic E-state index is 0.181. The van der Waals surface area contributed by atoms with Gasteiger partial charge in [-0.15, -0.1) is 10.2 Å². The Balaban J connectivity index is 1.46. The second-order valence-electron chi connectivity index (χ2n) is 8.68. The molecule has 0 spiro atoms. The van der Waals surface area contributed by atoms with Gasteiger partial charge in [0, 0.05) is 41.0 Å². The van der Waals surface area contributed by atoms with E-state index in [0.717, 1.165) is 11.1 Å². The van der Waals surface area contributed by atoms with Gasteiger partial charge in [0.2, 0.25) is 12.1 Å². The maximum atomic E-state index is 13.5. The summed E-state index contributed by atoms with van der Waals surface area (Å²) in [7, 11) is 0. The van der Waals surface area contributed by atoms with E-state index in [-0.39, 0.29) is 17.7 Å². The van der Waals surface area contributed by atoms with Gasteiger partial charge in [-0.25, -0.2) is 0 Å². The van der Waals surface area contributed by atoms with Crippen molar-refractivity contribution < 1.29 is 9.72 Å². The highest BCUT2D eigenvalue weighted by atomic mass is 35.5. The van der Waals surface area contributed by atoms with Gasteiger partial charge in [0.05, 0.1) is 10.5 Å². The van der Waals surface area contributed by atoms with E-state index in [1.165, 1.54) is 35.0 Å². The van der Waals surface area contributed by atoms with E-state index in [1.807, 2.05) is 30.3 Å². The zero-order valence-corrected chi connectivity index (χ0v) is 21.0. The number of amides is 1. The van der Waals surface area contributed by atoms with Gasteiger partial charge in [0.15, 0.2) is 0 Å². The van der Waals surface area contributed by atoms with Crippen LogP contribution in [0.5, 0.6) is 0 Å². The van der Waals surface area contributed by atoms with Crippen LogP contribution in [0.4, 0.5) is 11.4 Å². The Morgan fingerprint density at radius 2 is 1.72 bits per heavy atom. The molecule has 11 nitrogen and oxygen atoms in total. The Morgan fingerprint density at radius 1 is 1.00 bits per heavy atom. The molecule has 0 bridgehead atoms. The van der Waals surface area contributed by atoms with Gasteiger partial charge in [-0.3, -0.25) is 19.7 Å². The maximum absolute atomic E-state index is 13.5. The summed E-state index contributed by atoms with van der Waals surface area (Å²) in [5, 5.41) is 29.5. The van der Waals surface area contributed by atoms with Crippen LogP contribution in [-0.4, -0.2) is 15.4 Å². The van der Waals surface area contributed by atoms with E-state index in [2.05, 4.69) is 26.0 Å². The molecule has 3 aromatic carbocycles. The van der Waals surface area contributed by atoms with E-state index in [9.17, 15) is 19.7 Å². The zero-order chi connectivity index (χ0) is 27.4. The van der Waals surface area contributed by atoms with Crippen LogP contribution < -0.4 is 10.9 Å². The number of hydrogen-bond acceptors (Lipinski definition) is 8. The van der Waals surface area contributed by atoms with Crippen molar-refractivity contribution in [2.75, 3.05) is 5.32 Å². The van der Waals surface area contributed by atoms with E-state index < -0.39 is 28.6 Å². The van der Waals surface area contributed by atoms with E-state index >= 15 is 0 Å². The van der Waals surface area contributed by atoms with Crippen molar-refractivity contribution in [3.8, 4) is 11.1 Å². The topological polar surface area (TPSA) is 144 Å². The molecular weight excluding hydrogens is 522 g/mol. The van der Waals surface area contributed by atoms with E-state index in [1.54, 1.807) is 30.3 Å². The molecule has 1 aromatic heterocycles. The van der Waals surface area contributed by atoms with Crippen LogP contribution >= 0.6 is 11.6 Å². The quantitative estimate of drug-likeness (QED) is 0.205. The third-order valence-electron chi connectivity index (χ3n) is 6.16. The standard InChI is InChI=1S/C27H20ClN7O4/c28-20-8-11-23(35(38)39)22(16-20)19-12-13-34(25(36)15-19)24(14-17-4-2-1-3-5-17)27(37)29-21-9-6-18(7-10-21)26-30-32-33-31-26/h1-13,15-16,24,26H,14H2,(H,29,37). The number of halogens is 1. The van der Waals surface area contributed by atoms with Gasteiger partial charge in [0.25, 0.3) is 11.2 Å². The predicted molar refractivity (Wildman–Crippen MR) is 145 cm³/mol. The van der Waals surface area contributed by atoms with Gasteiger partial charge in [0.1, 0.15) is 6.04 Å². The van der Waals surface area contributed by atoms with Crippen molar-refractivity contribution in [2.45, 2.75) is 18.6 Å². The lowest BCUT2D eigenvalue weighted by molar-refractivity contribution is -0.384. The first-order valence-corrected chi connectivity index (χ1v) is 12.2. The molecule has 4 aromatic rings. The van der Waals surface area contributed by atoms with Gasteiger partial charge in [-0.05, 0) is 51.9 Å². The summed E-state index contributed by atoms with van der Waals surface area (Å²) < 4.78 is 1.32. The van der Waals surface area contributed by atoms with Crippen molar-refractivity contribution in [3.05, 3.63) is 128 Å². The fraction of sp³-hybridized carbons (Fsp3) is 0.111. The molecule has 39 heavy (non-hydrogen) atoms. The summed E-state index contributed by atoms with van der Waals surface area (Å²) in [4.78, 5) is 37.8. The van der Waals surface area contributed by atoms with Crippen LogP contribution in [0.3, 0.4) is 0 Å². The van der Waals surface area contributed by atoms with Crippen molar-refractivity contribution in [3.63, 3.8) is 0 Å².